The molecule has 0 saturated carbocycles. The SMILES string of the molecule is O=C(Cc1cccc(Cl)c1)N(P=S)[C@H]1C[C@H]2CC[C@@H](C1)N2Cc1ccc(Cl)cc1. The molecule has 4 rings (SSSR count). The van der Waals surface area contributed by atoms with Gasteiger partial charge in [0.1, 0.15) is 0 Å². The summed E-state index contributed by atoms with van der Waals surface area (Å²) in [5.74, 6) is 0.0967. The zero-order chi connectivity index (χ0) is 20.4. The molecule has 2 bridgehead atoms. The topological polar surface area (TPSA) is 23.6 Å². The van der Waals surface area contributed by atoms with Crippen molar-refractivity contribution in [2.24, 2.45) is 0 Å². The van der Waals surface area contributed by atoms with Crippen molar-refractivity contribution in [1.82, 2.24) is 9.57 Å². The molecule has 29 heavy (non-hydrogen) atoms. The number of nitrogens with zero attached hydrogens (tertiary/aromatic N) is 2. The average Bonchev–Trinajstić information content (AvgIpc) is 2.92. The summed E-state index contributed by atoms with van der Waals surface area (Å²) in [5.41, 5.74) is 2.23. The molecule has 2 aromatic carbocycles. The smallest absolute Gasteiger partial charge is 0.235 e. The first-order valence-corrected chi connectivity index (χ1v) is 12.5. The highest BCUT2D eigenvalue weighted by Crippen LogP contribution is 2.40. The van der Waals surface area contributed by atoms with Gasteiger partial charge in [-0.1, -0.05) is 47.5 Å². The van der Waals surface area contributed by atoms with E-state index >= 15 is 0 Å². The quantitative estimate of drug-likeness (QED) is 0.498. The van der Waals surface area contributed by atoms with E-state index in [0.717, 1.165) is 30.0 Å². The monoisotopic (exact) mass is 464 g/mol. The molecule has 2 aromatic rings. The van der Waals surface area contributed by atoms with Crippen molar-refractivity contribution in [3.8, 4) is 0 Å². The normalized spacial score (nSPS) is 24.0. The lowest BCUT2D eigenvalue weighted by Crippen LogP contribution is -2.49. The minimum absolute atomic E-state index is 0.0967. The molecule has 3 atom stereocenters. The average molecular weight is 465 g/mol. The summed E-state index contributed by atoms with van der Waals surface area (Å²) in [4.78, 5) is 15.6. The first kappa shape index (κ1) is 21.2. The molecule has 7 heteroatoms. The Bertz CT molecular complexity index is 881. The molecule has 2 aliphatic rings. The van der Waals surface area contributed by atoms with Crippen LogP contribution in [-0.2, 0) is 29.6 Å². The molecule has 2 fully saturated rings. The van der Waals surface area contributed by atoms with Gasteiger partial charge in [-0.3, -0.25) is 14.4 Å². The predicted octanol–water partition coefficient (Wildman–Crippen LogP) is 5.88. The number of fused-ring (bicyclic) bond motifs is 2. The second-order valence-corrected chi connectivity index (χ2v) is 9.89. The van der Waals surface area contributed by atoms with Gasteiger partial charge < -0.3 is 0 Å². The Kier molecular flexibility index (Phi) is 6.88. The number of carbonyl (C=O) groups excluding carboxylic acids is 1. The minimum Gasteiger partial charge on any atom is -0.293 e. The summed E-state index contributed by atoms with van der Waals surface area (Å²) >= 11 is 17.4. The van der Waals surface area contributed by atoms with Crippen LogP contribution in [0.4, 0.5) is 0 Å². The third-order valence-electron chi connectivity index (χ3n) is 6.07. The number of rotatable bonds is 6. The van der Waals surface area contributed by atoms with Crippen molar-refractivity contribution in [2.45, 2.75) is 56.8 Å². The van der Waals surface area contributed by atoms with Gasteiger partial charge in [-0.2, -0.15) is 0 Å². The van der Waals surface area contributed by atoms with Crippen molar-refractivity contribution in [2.75, 3.05) is 0 Å². The van der Waals surface area contributed by atoms with Crippen molar-refractivity contribution in [1.29, 1.82) is 0 Å². The highest BCUT2D eigenvalue weighted by atomic mass is 35.5. The van der Waals surface area contributed by atoms with Crippen LogP contribution in [0.1, 0.15) is 36.8 Å². The van der Waals surface area contributed by atoms with E-state index in [4.69, 9.17) is 35.0 Å². The van der Waals surface area contributed by atoms with Crippen LogP contribution in [0.25, 0.3) is 0 Å². The number of amides is 1. The fraction of sp³-hybridized carbons (Fsp3) is 0.409. The summed E-state index contributed by atoms with van der Waals surface area (Å²) in [6.45, 7) is 0.946. The Morgan fingerprint density at radius 1 is 1.03 bits per heavy atom. The Hall–Kier alpha value is -1.03. The summed E-state index contributed by atoms with van der Waals surface area (Å²) in [6, 6.07) is 16.9. The van der Waals surface area contributed by atoms with Crippen LogP contribution in [0.5, 0.6) is 0 Å². The number of hydrogen-bond acceptors (Lipinski definition) is 3. The molecule has 0 aromatic heterocycles. The van der Waals surface area contributed by atoms with Gasteiger partial charge in [0.2, 0.25) is 5.91 Å². The lowest BCUT2D eigenvalue weighted by molar-refractivity contribution is -0.128. The number of hydrogen-bond donors (Lipinski definition) is 0. The van der Waals surface area contributed by atoms with Gasteiger partial charge in [0.05, 0.1) is 13.9 Å². The van der Waals surface area contributed by atoms with Gasteiger partial charge in [0.25, 0.3) is 0 Å². The second-order valence-electron chi connectivity index (χ2n) is 7.94. The van der Waals surface area contributed by atoms with E-state index in [9.17, 15) is 4.79 Å². The van der Waals surface area contributed by atoms with Crippen LogP contribution in [0, 0.1) is 0 Å². The third-order valence-corrected chi connectivity index (χ3v) is 7.81. The van der Waals surface area contributed by atoms with Crippen molar-refractivity contribution < 1.29 is 4.79 Å². The Labute approximate surface area is 188 Å². The van der Waals surface area contributed by atoms with E-state index in [0.29, 0.717) is 31.0 Å². The first-order valence-electron chi connectivity index (χ1n) is 9.93. The summed E-state index contributed by atoms with van der Waals surface area (Å²) in [5, 5.41) is 1.43. The predicted molar refractivity (Wildman–Crippen MR) is 123 cm³/mol. The lowest BCUT2D eigenvalue weighted by atomic mass is 9.96. The summed E-state index contributed by atoms with van der Waals surface area (Å²) in [7, 11) is 0.614. The van der Waals surface area contributed by atoms with Crippen LogP contribution >= 0.6 is 30.7 Å². The number of benzene rings is 2. The van der Waals surface area contributed by atoms with Gasteiger partial charge in [0.15, 0.2) is 0 Å². The largest absolute Gasteiger partial charge is 0.293 e. The van der Waals surface area contributed by atoms with E-state index in [1.54, 1.807) is 0 Å². The van der Waals surface area contributed by atoms with E-state index < -0.39 is 0 Å². The number of carbonyl (C=O) groups is 1. The van der Waals surface area contributed by atoms with Gasteiger partial charge >= 0.3 is 0 Å². The molecule has 0 aliphatic carbocycles. The maximum absolute atomic E-state index is 13.0. The molecular formula is C22H23Cl2N2OPS. The van der Waals surface area contributed by atoms with Crippen LogP contribution < -0.4 is 0 Å². The van der Waals surface area contributed by atoms with E-state index in [1.165, 1.54) is 18.4 Å². The standard InChI is InChI=1S/C22H23Cl2N2OPS/c23-17-6-4-15(5-7-17)14-25-19-8-9-20(25)13-21(12-19)26(28-29)22(27)11-16-2-1-3-18(24)10-16/h1-7,10,19-21H,8-9,11-14H2/t19-,20+,21+. The molecule has 0 spiro atoms. The molecule has 3 nitrogen and oxygen atoms in total. The number of piperidine rings is 1. The zero-order valence-electron chi connectivity index (χ0n) is 16.0. The first-order chi connectivity index (χ1) is 14.0. The van der Waals surface area contributed by atoms with Crippen LogP contribution in [0.3, 0.4) is 0 Å². The zero-order valence-corrected chi connectivity index (χ0v) is 19.2. The van der Waals surface area contributed by atoms with Crippen molar-refractivity contribution >= 4 is 48.4 Å². The van der Waals surface area contributed by atoms with Crippen LogP contribution in [0.2, 0.25) is 10.0 Å². The van der Waals surface area contributed by atoms with Crippen molar-refractivity contribution in [3.05, 3.63) is 69.7 Å². The Morgan fingerprint density at radius 2 is 1.72 bits per heavy atom. The molecule has 1 amide bonds. The maximum Gasteiger partial charge on any atom is 0.235 e. The Morgan fingerprint density at radius 3 is 2.34 bits per heavy atom. The summed E-state index contributed by atoms with van der Waals surface area (Å²) < 4.78 is 1.89. The highest BCUT2D eigenvalue weighted by Gasteiger charge is 2.43. The molecular weight excluding hydrogens is 442 g/mol. The Balaban J connectivity index is 1.41. The van der Waals surface area contributed by atoms with Gasteiger partial charge in [-0.15, -0.1) is 0 Å². The highest BCUT2D eigenvalue weighted by molar-refractivity contribution is 7.95. The van der Waals surface area contributed by atoms with E-state index in [2.05, 4.69) is 17.0 Å². The fourth-order valence-corrected chi connectivity index (χ4v) is 6.22. The van der Waals surface area contributed by atoms with Crippen LogP contribution in [-0.4, -0.2) is 33.6 Å². The van der Waals surface area contributed by atoms with Gasteiger partial charge in [-0.05, 0) is 72.9 Å². The van der Waals surface area contributed by atoms with Gasteiger partial charge in [0, 0.05) is 34.7 Å². The molecule has 2 heterocycles. The lowest BCUT2D eigenvalue weighted by Gasteiger charge is -2.41. The third kappa shape index (κ3) is 5.00. The number of halogens is 2. The molecule has 152 valence electrons. The van der Waals surface area contributed by atoms with E-state index in [1.807, 2.05) is 41.1 Å². The molecule has 2 aliphatic heterocycles. The van der Waals surface area contributed by atoms with E-state index in [-0.39, 0.29) is 11.9 Å². The van der Waals surface area contributed by atoms with Crippen LogP contribution in [0.15, 0.2) is 48.5 Å². The molecule has 2 saturated heterocycles. The maximum atomic E-state index is 13.0. The van der Waals surface area contributed by atoms with Crippen molar-refractivity contribution in [3.63, 3.8) is 0 Å². The minimum atomic E-state index is 0.0967. The van der Waals surface area contributed by atoms with Gasteiger partial charge in [-0.25, -0.2) is 0 Å². The second kappa shape index (κ2) is 9.41. The fourth-order valence-electron chi connectivity index (χ4n) is 4.72. The molecule has 0 radical (unpaired) electrons. The summed E-state index contributed by atoms with van der Waals surface area (Å²) in [6.07, 6.45) is 4.73. The molecule has 0 unspecified atom stereocenters. The molecule has 0 N–H and O–H groups in total.